The Balaban J connectivity index is 1.38. The van der Waals surface area contributed by atoms with Gasteiger partial charge in [-0.1, -0.05) is 30.3 Å². The number of hydrogen-bond acceptors (Lipinski definition) is 5. The normalized spacial score (nSPS) is 16.2. The molecule has 0 radical (unpaired) electrons. The largest absolute Gasteiger partial charge is 0.341 e. The summed E-state index contributed by atoms with van der Waals surface area (Å²) in [5, 5.41) is 3.92. The topological polar surface area (TPSA) is 58.9 Å². The van der Waals surface area contributed by atoms with E-state index in [0.29, 0.717) is 12.1 Å². The summed E-state index contributed by atoms with van der Waals surface area (Å²) in [5.74, 6) is 1.92. The van der Waals surface area contributed by atoms with Crippen LogP contribution >= 0.6 is 0 Å². The van der Waals surface area contributed by atoms with Crippen LogP contribution in [0.15, 0.2) is 61.2 Å². The molecule has 0 aliphatic carbocycles. The second kappa shape index (κ2) is 8.97. The molecule has 0 saturated carbocycles. The van der Waals surface area contributed by atoms with Crippen LogP contribution in [0.25, 0.3) is 0 Å². The highest BCUT2D eigenvalue weighted by atomic mass is 15.3. The molecule has 3 aromatic rings. The summed E-state index contributed by atoms with van der Waals surface area (Å²) in [6, 6.07) is 13.5. The summed E-state index contributed by atoms with van der Waals surface area (Å²) < 4.78 is 2.23. The predicted molar refractivity (Wildman–Crippen MR) is 111 cm³/mol. The van der Waals surface area contributed by atoms with E-state index in [4.69, 9.17) is 0 Å². The number of anilines is 1. The van der Waals surface area contributed by atoms with Crippen LogP contribution in [-0.2, 0) is 6.54 Å². The molecular weight excluding hydrogens is 348 g/mol. The Morgan fingerprint density at radius 3 is 2.43 bits per heavy atom. The smallest absolute Gasteiger partial charge is 0.225 e. The third kappa shape index (κ3) is 4.57. The van der Waals surface area contributed by atoms with E-state index in [1.54, 1.807) is 0 Å². The summed E-state index contributed by atoms with van der Waals surface area (Å²) in [4.78, 5) is 15.4. The highest BCUT2D eigenvalue weighted by Gasteiger charge is 2.23. The highest BCUT2D eigenvalue weighted by molar-refractivity contribution is 5.29. The number of piperidine rings is 1. The van der Waals surface area contributed by atoms with Crippen LogP contribution < -0.4 is 10.2 Å². The van der Waals surface area contributed by atoms with Gasteiger partial charge in [-0.25, -0.2) is 15.0 Å². The van der Waals surface area contributed by atoms with Crippen molar-refractivity contribution < 1.29 is 0 Å². The van der Waals surface area contributed by atoms with Crippen molar-refractivity contribution in [1.29, 1.82) is 0 Å². The molecule has 1 fully saturated rings. The average Bonchev–Trinajstić information content (AvgIpc) is 3.17. The van der Waals surface area contributed by atoms with Gasteiger partial charge < -0.3 is 14.8 Å². The van der Waals surface area contributed by atoms with Crippen molar-refractivity contribution in [3.63, 3.8) is 0 Å². The molecule has 3 heterocycles. The fraction of sp³-hybridized carbons (Fsp3) is 0.409. The van der Waals surface area contributed by atoms with Crippen LogP contribution in [0.3, 0.4) is 0 Å². The van der Waals surface area contributed by atoms with Crippen molar-refractivity contribution in [1.82, 2.24) is 24.8 Å². The second-order valence-electron chi connectivity index (χ2n) is 7.40. The molecule has 0 amide bonds. The van der Waals surface area contributed by atoms with Crippen molar-refractivity contribution in [2.45, 2.75) is 44.8 Å². The van der Waals surface area contributed by atoms with Gasteiger partial charge in [0.05, 0.1) is 0 Å². The van der Waals surface area contributed by atoms with Gasteiger partial charge in [-0.2, -0.15) is 0 Å². The third-order valence-corrected chi connectivity index (χ3v) is 5.55. The molecule has 1 aliphatic heterocycles. The lowest BCUT2D eigenvalue weighted by molar-refractivity contribution is 0.347. The maximum atomic E-state index is 4.39. The zero-order chi connectivity index (χ0) is 19.2. The van der Waals surface area contributed by atoms with Crippen molar-refractivity contribution >= 4 is 5.95 Å². The molecule has 0 spiro atoms. The first-order chi connectivity index (χ1) is 13.8. The molecule has 1 aliphatic rings. The number of benzene rings is 1. The molecule has 1 N–H and O–H groups in total. The summed E-state index contributed by atoms with van der Waals surface area (Å²) in [5.41, 5.74) is 1.36. The van der Waals surface area contributed by atoms with Gasteiger partial charge in [0.2, 0.25) is 5.95 Å². The van der Waals surface area contributed by atoms with Gasteiger partial charge in [0, 0.05) is 56.5 Å². The van der Waals surface area contributed by atoms with E-state index in [1.807, 2.05) is 24.7 Å². The number of hydrogen-bond donors (Lipinski definition) is 1. The molecule has 2 aromatic heterocycles. The predicted octanol–water partition coefficient (Wildman–Crippen LogP) is 3.37. The first kappa shape index (κ1) is 18.6. The molecule has 28 heavy (non-hydrogen) atoms. The molecule has 4 rings (SSSR count). The zero-order valence-electron chi connectivity index (χ0n) is 16.4. The lowest BCUT2D eigenvalue weighted by atomic mass is 9.99. The lowest BCUT2D eigenvalue weighted by Crippen LogP contribution is -2.44. The number of imidazole rings is 1. The highest BCUT2D eigenvalue weighted by Crippen LogP contribution is 2.22. The molecule has 146 valence electrons. The molecule has 6 nitrogen and oxygen atoms in total. The van der Waals surface area contributed by atoms with Gasteiger partial charge in [0.1, 0.15) is 5.82 Å². The maximum absolute atomic E-state index is 4.39. The number of nitrogens with one attached hydrogen (secondary N) is 1. The van der Waals surface area contributed by atoms with Crippen molar-refractivity contribution in [3.8, 4) is 0 Å². The van der Waals surface area contributed by atoms with Gasteiger partial charge in [-0.15, -0.1) is 0 Å². The standard InChI is InChI=1S/C22H28N6/c1-18-23-13-17-27(18)16-10-21(19-6-3-2-4-7-19)26-20-8-14-28(15-9-20)22-24-11-5-12-25-22/h2-7,11-13,17,20-21,26H,8-10,14-16H2,1H3/t21-/m1/s1. The first-order valence-corrected chi connectivity index (χ1v) is 10.1. The Morgan fingerprint density at radius 1 is 1.00 bits per heavy atom. The number of aromatic nitrogens is 4. The van der Waals surface area contributed by atoms with Gasteiger partial charge in [0.25, 0.3) is 0 Å². The first-order valence-electron chi connectivity index (χ1n) is 10.1. The van der Waals surface area contributed by atoms with Crippen molar-refractivity contribution in [2.24, 2.45) is 0 Å². The van der Waals surface area contributed by atoms with Crippen molar-refractivity contribution in [2.75, 3.05) is 18.0 Å². The van der Waals surface area contributed by atoms with E-state index >= 15 is 0 Å². The fourth-order valence-corrected chi connectivity index (χ4v) is 3.92. The van der Waals surface area contributed by atoms with Crippen LogP contribution in [-0.4, -0.2) is 38.7 Å². The van der Waals surface area contributed by atoms with Crippen LogP contribution in [0.2, 0.25) is 0 Å². The van der Waals surface area contributed by atoms with Gasteiger partial charge in [-0.3, -0.25) is 0 Å². The second-order valence-corrected chi connectivity index (χ2v) is 7.40. The minimum Gasteiger partial charge on any atom is -0.341 e. The quantitative estimate of drug-likeness (QED) is 0.685. The minimum atomic E-state index is 0.340. The van der Waals surface area contributed by atoms with E-state index in [1.165, 1.54) is 5.56 Å². The molecule has 6 heteroatoms. The van der Waals surface area contributed by atoms with E-state index < -0.39 is 0 Å². The lowest BCUT2D eigenvalue weighted by Gasteiger charge is -2.35. The van der Waals surface area contributed by atoms with E-state index in [-0.39, 0.29) is 0 Å². The fourth-order valence-electron chi connectivity index (χ4n) is 3.92. The van der Waals surface area contributed by atoms with Gasteiger partial charge >= 0.3 is 0 Å². The Hall–Kier alpha value is -2.73. The summed E-state index contributed by atoms with van der Waals surface area (Å²) in [6.45, 7) is 5.01. The monoisotopic (exact) mass is 376 g/mol. The summed E-state index contributed by atoms with van der Waals surface area (Å²) in [7, 11) is 0. The Morgan fingerprint density at radius 2 is 1.75 bits per heavy atom. The minimum absolute atomic E-state index is 0.340. The Labute approximate surface area is 166 Å². The molecule has 0 unspecified atom stereocenters. The van der Waals surface area contributed by atoms with Crippen LogP contribution in [0.1, 0.15) is 36.7 Å². The summed E-state index contributed by atoms with van der Waals surface area (Å²) in [6.07, 6.45) is 10.8. The average molecular weight is 377 g/mol. The molecule has 1 atom stereocenters. The third-order valence-electron chi connectivity index (χ3n) is 5.55. The van der Waals surface area contributed by atoms with E-state index in [9.17, 15) is 0 Å². The Kier molecular flexibility index (Phi) is 5.97. The van der Waals surface area contributed by atoms with Crippen LogP contribution in [0.5, 0.6) is 0 Å². The Bertz CT molecular complexity index is 840. The molecule has 0 bridgehead atoms. The van der Waals surface area contributed by atoms with Crippen LogP contribution in [0, 0.1) is 6.92 Å². The molecule has 1 aromatic carbocycles. The number of nitrogens with zero attached hydrogens (tertiary/aromatic N) is 5. The molecular formula is C22H28N6. The SMILES string of the molecule is Cc1nccn1CC[C@@H](NC1CCN(c2ncccn2)CC1)c1ccccc1. The van der Waals surface area contributed by atoms with Gasteiger partial charge in [0.15, 0.2) is 0 Å². The van der Waals surface area contributed by atoms with E-state index in [2.05, 4.69) is 73.2 Å². The summed E-state index contributed by atoms with van der Waals surface area (Å²) >= 11 is 0. The van der Waals surface area contributed by atoms with Crippen molar-refractivity contribution in [3.05, 3.63) is 72.6 Å². The maximum Gasteiger partial charge on any atom is 0.225 e. The zero-order valence-corrected chi connectivity index (χ0v) is 16.4. The molecule has 1 saturated heterocycles. The van der Waals surface area contributed by atoms with E-state index in [0.717, 1.165) is 50.7 Å². The van der Waals surface area contributed by atoms with Crippen LogP contribution in [0.4, 0.5) is 5.95 Å². The number of aryl methyl sites for hydroxylation is 2. The number of rotatable bonds is 7. The van der Waals surface area contributed by atoms with Gasteiger partial charge in [-0.05, 0) is 37.8 Å².